The summed E-state index contributed by atoms with van der Waals surface area (Å²) in [5, 5.41) is 18.9. The van der Waals surface area contributed by atoms with Gasteiger partial charge in [-0.1, -0.05) is 6.07 Å². The van der Waals surface area contributed by atoms with Gasteiger partial charge in [0.25, 0.3) is 11.5 Å². The average Bonchev–Trinajstić information content (AvgIpc) is 3.16. The minimum atomic E-state index is -4.67. The number of alkyl halides is 3. The summed E-state index contributed by atoms with van der Waals surface area (Å²) in [6.07, 6.45) is -3.45. The zero-order chi connectivity index (χ0) is 22.2. The summed E-state index contributed by atoms with van der Waals surface area (Å²) in [4.78, 5) is 38.8. The van der Waals surface area contributed by atoms with Crippen molar-refractivity contribution in [2.45, 2.75) is 32.0 Å². The van der Waals surface area contributed by atoms with Gasteiger partial charge in [-0.3, -0.25) is 14.2 Å². The van der Waals surface area contributed by atoms with Crippen molar-refractivity contribution in [2.24, 2.45) is 0 Å². The highest BCUT2D eigenvalue weighted by Gasteiger charge is 2.33. The van der Waals surface area contributed by atoms with Crippen LogP contribution < -0.4 is 5.56 Å². The molecule has 1 amide bonds. The Bertz CT molecular complexity index is 1060. The highest BCUT2D eigenvalue weighted by atomic mass is 19.4. The summed E-state index contributed by atoms with van der Waals surface area (Å²) in [5.74, 6) is -2.19. The van der Waals surface area contributed by atoms with Crippen molar-refractivity contribution in [2.75, 3.05) is 13.2 Å². The smallest absolute Gasteiger partial charge is 0.416 e. The van der Waals surface area contributed by atoms with E-state index in [2.05, 4.69) is 0 Å². The van der Waals surface area contributed by atoms with Gasteiger partial charge in [0.05, 0.1) is 23.8 Å². The van der Waals surface area contributed by atoms with E-state index in [1.54, 1.807) is 0 Å². The molecule has 0 radical (unpaired) electrons. The van der Waals surface area contributed by atoms with Crippen LogP contribution in [-0.2, 0) is 6.18 Å². The maximum atomic E-state index is 13.1. The van der Waals surface area contributed by atoms with Gasteiger partial charge in [-0.15, -0.1) is 0 Å². The molecule has 0 aliphatic carbocycles. The number of pyridine rings is 1. The van der Waals surface area contributed by atoms with Crippen molar-refractivity contribution in [3.05, 3.63) is 63.1 Å². The third-order valence-corrected chi connectivity index (χ3v) is 5.19. The number of carboxylic acids is 1. The molecule has 1 atom stereocenters. The van der Waals surface area contributed by atoms with Crippen LogP contribution in [0.4, 0.5) is 13.2 Å². The van der Waals surface area contributed by atoms with Crippen LogP contribution in [0.3, 0.4) is 0 Å². The van der Waals surface area contributed by atoms with Crippen LogP contribution in [0.15, 0.2) is 35.1 Å². The molecule has 0 unspecified atom stereocenters. The average molecular weight is 424 g/mol. The monoisotopic (exact) mass is 424 g/mol. The van der Waals surface area contributed by atoms with Gasteiger partial charge in [-0.25, -0.2) is 4.79 Å². The highest BCUT2D eigenvalue weighted by Crippen LogP contribution is 2.30. The Kier molecular flexibility index (Phi) is 5.71. The number of halogens is 3. The van der Waals surface area contributed by atoms with Crippen LogP contribution >= 0.6 is 0 Å². The lowest BCUT2D eigenvalue weighted by molar-refractivity contribution is -0.137. The van der Waals surface area contributed by atoms with E-state index in [4.69, 9.17) is 0 Å². The quantitative estimate of drug-likeness (QED) is 0.786. The molecular formula is C20H19F3N2O5. The fourth-order valence-corrected chi connectivity index (χ4v) is 3.65. The van der Waals surface area contributed by atoms with Crippen LogP contribution in [0.1, 0.15) is 44.8 Å². The predicted molar refractivity (Wildman–Crippen MR) is 99.9 cm³/mol. The number of carbonyl (C=O) groups excluding carboxylic acids is 1. The number of aromatic carboxylic acids is 1. The SMILES string of the molecule is Cc1c(C(=O)N2CCC[C@@H]2CO)cc(C(=O)O)c(=O)n1-c1cccc(C(F)(F)F)c1. The van der Waals surface area contributed by atoms with E-state index in [0.717, 1.165) is 28.8 Å². The lowest BCUT2D eigenvalue weighted by atomic mass is 10.1. The van der Waals surface area contributed by atoms with Crippen LogP contribution in [-0.4, -0.2) is 50.8 Å². The number of carbonyl (C=O) groups is 2. The van der Waals surface area contributed by atoms with Gasteiger partial charge in [-0.05, 0) is 44.0 Å². The molecule has 2 N–H and O–H groups in total. The number of aliphatic hydroxyl groups excluding tert-OH is 1. The maximum absolute atomic E-state index is 13.1. The van der Waals surface area contributed by atoms with E-state index in [0.29, 0.717) is 19.4 Å². The van der Waals surface area contributed by atoms with Crippen LogP contribution in [0.2, 0.25) is 0 Å². The van der Waals surface area contributed by atoms with Gasteiger partial charge in [0.1, 0.15) is 5.56 Å². The molecule has 2 aromatic rings. The molecule has 1 fully saturated rings. The van der Waals surface area contributed by atoms with Crippen LogP contribution in [0, 0.1) is 6.92 Å². The van der Waals surface area contributed by atoms with Crippen LogP contribution in [0.5, 0.6) is 0 Å². The molecule has 1 saturated heterocycles. The van der Waals surface area contributed by atoms with Crippen molar-refractivity contribution in [1.29, 1.82) is 0 Å². The first-order chi connectivity index (χ1) is 14.1. The summed E-state index contributed by atoms with van der Waals surface area (Å²) in [6, 6.07) is 4.38. The fourth-order valence-electron chi connectivity index (χ4n) is 3.65. The van der Waals surface area contributed by atoms with E-state index in [1.165, 1.54) is 17.9 Å². The van der Waals surface area contributed by atoms with Gasteiger partial charge >= 0.3 is 12.1 Å². The normalized spacial score (nSPS) is 16.7. The first-order valence-electron chi connectivity index (χ1n) is 9.15. The molecule has 0 saturated carbocycles. The number of aliphatic hydroxyl groups is 1. The number of amides is 1. The zero-order valence-corrected chi connectivity index (χ0v) is 15.9. The van der Waals surface area contributed by atoms with Gasteiger partial charge in [0.15, 0.2) is 0 Å². The Morgan fingerprint density at radius 3 is 2.50 bits per heavy atom. The lowest BCUT2D eigenvalue weighted by Crippen LogP contribution is -2.39. The Morgan fingerprint density at radius 2 is 1.90 bits per heavy atom. The molecule has 2 heterocycles. The second-order valence-electron chi connectivity index (χ2n) is 7.03. The Labute approximate surface area is 169 Å². The third-order valence-electron chi connectivity index (χ3n) is 5.19. The van der Waals surface area contributed by atoms with Crippen molar-refractivity contribution < 1.29 is 33.0 Å². The van der Waals surface area contributed by atoms with E-state index in [9.17, 15) is 37.8 Å². The molecule has 0 spiro atoms. The topological polar surface area (TPSA) is 99.8 Å². The maximum Gasteiger partial charge on any atom is 0.416 e. The van der Waals surface area contributed by atoms with Gasteiger partial charge in [0, 0.05) is 17.9 Å². The Morgan fingerprint density at radius 1 is 1.20 bits per heavy atom. The number of hydrogen-bond donors (Lipinski definition) is 2. The first kappa shape index (κ1) is 21.6. The summed E-state index contributed by atoms with van der Waals surface area (Å²) in [6.45, 7) is 1.43. The van der Waals surface area contributed by atoms with E-state index in [1.807, 2.05) is 0 Å². The number of nitrogens with zero attached hydrogens (tertiary/aromatic N) is 2. The number of carboxylic acid groups (broad SMARTS) is 1. The fraction of sp³-hybridized carbons (Fsp3) is 0.350. The third kappa shape index (κ3) is 3.82. The van der Waals surface area contributed by atoms with Gasteiger partial charge in [-0.2, -0.15) is 13.2 Å². The van der Waals surface area contributed by atoms with Crippen LogP contribution in [0.25, 0.3) is 5.69 Å². The van der Waals surface area contributed by atoms with Crippen molar-refractivity contribution >= 4 is 11.9 Å². The van der Waals surface area contributed by atoms with E-state index < -0.39 is 40.8 Å². The molecule has 10 heteroatoms. The van der Waals surface area contributed by atoms with E-state index >= 15 is 0 Å². The largest absolute Gasteiger partial charge is 0.477 e. The lowest BCUT2D eigenvalue weighted by Gasteiger charge is -2.25. The zero-order valence-electron chi connectivity index (χ0n) is 15.9. The molecule has 0 bridgehead atoms. The van der Waals surface area contributed by atoms with E-state index in [-0.39, 0.29) is 23.6 Å². The molecule has 3 rings (SSSR count). The van der Waals surface area contributed by atoms with Crippen molar-refractivity contribution in [3.8, 4) is 5.69 Å². The molecule has 1 aliphatic rings. The van der Waals surface area contributed by atoms with Gasteiger partial charge < -0.3 is 15.1 Å². The molecule has 1 aromatic carbocycles. The first-order valence-corrected chi connectivity index (χ1v) is 9.15. The number of likely N-dealkylation sites (tertiary alicyclic amines) is 1. The molecule has 160 valence electrons. The molecule has 30 heavy (non-hydrogen) atoms. The minimum absolute atomic E-state index is 0.0120. The minimum Gasteiger partial charge on any atom is -0.477 e. The molecule has 1 aliphatic heterocycles. The number of hydrogen-bond acceptors (Lipinski definition) is 4. The Balaban J connectivity index is 2.23. The number of rotatable bonds is 4. The van der Waals surface area contributed by atoms with Gasteiger partial charge in [0.2, 0.25) is 0 Å². The second-order valence-corrected chi connectivity index (χ2v) is 7.03. The molecule has 1 aromatic heterocycles. The number of benzene rings is 1. The number of aromatic nitrogens is 1. The molecule has 7 nitrogen and oxygen atoms in total. The van der Waals surface area contributed by atoms with Crippen molar-refractivity contribution in [3.63, 3.8) is 0 Å². The Hall–Kier alpha value is -3.14. The predicted octanol–water partition coefficient (Wildman–Crippen LogP) is 2.46. The molecular weight excluding hydrogens is 405 g/mol. The summed E-state index contributed by atoms with van der Waals surface area (Å²) >= 11 is 0. The summed E-state index contributed by atoms with van der Waals surface area (Å²) in [5.41, 5.74) is -3.11. The summed E-state index contributed by atoms with van der Waals surface area (Å²) in [7, 11) is 0. The second kappa shape index (κ2) is 7.94. The van der Waals surface area contributed by atoms with Crippen molar-refractivity contribution in [1.82, 2.24) is 9.47 Å². The highest BCUT2D eigenvalue weighted by molar-refractivity contribution is 5.98. The summed E-state index contributed by atoms with van der Waals surface area (Å²) < 4.78 is 40.2. The standard InChI is InChI=1S/C20H19F3N2O5/c1-11-15(17(27)24-7-3-6-14(24)10-26)9-16(19(29)30)18(28)25(11)13-5-2-4-12(8-13)20(21,22)23/h2,4-5,8-9,14,26H,3,6-7,10H2,1H3,(H,29,30)/t14-/m1/s1.